The van der Waals surface area contributed by atoms with Crippen LogP contribution in [0.4, 0.5) is 18.9 Å². The molecule has 94 valence electrons. The second-order valence-electron chi connectivity index (χ2n) is 3.57. The van der Waals surface area contributed by atoms with Gasteiger partial charge in [0.15, 0.2) is 11.6 Å². The lowest BCUT2D eigenvalue weighted by molar-refractivity contribution is 0.496. The molecule has 0 saturated heterocycles. The number of nitrogens with one attached hydrogen (secondary N) is 1. The van der Waals surface area contributed by atoms with Gasteiger partial charge < -0.3 is 5.32 Å². The Morgan fingerprint density at radius 3 is 2.44 bits per heavy atom. The Morgan fingerprint density at radius 1 is 1.06 bits per heavy atom. The largest absolute Gasteiger partial charge is 0.377 e. The molecule has 2 aromatic rings. The van der Waals surface area contributed by atoms with Crippen molar-refractivity contribution in [2.75, 3.05) is 5.32 Å². The van der Waals surface area contributed by atoms with Crippen molar-refractivity contribution in [3.05, 3.63) is 58.1 Å². The number of hydrogen-bond donors (Lipinski definition) is 1. The molecule has 0 aliphatic carbocycles. The highest BCUT2D eigenvalue weighted by Gasteiger charge is 2.09. The van der Waals surface area contributed by atoms with E-state index in [0.29, 0.717) is 11.8 Å². The van der Waals surface area contributed by atoms with Crippen molar-refractivity contribution in [2.24, 2.45) is 0 Å². The fourth-order valence-corrected chi connectivity index (χ4v) is 1.59. The summed E-state index contributed by atoms with van der Waals surface area (Å²) in [5, 5.41) is 2.66. The van der Waals surface area contributed by atoms with Gasteiger partial charge in [0.2, 0.25) is 0 Å². The average Bonchev–Trinajstić information content (AvgIpc) is 2.34. The highest BCUT2D eigenvalue weighted by atomic mass is 79.9. The third-order valence-corrected chi connectivity index (χ3v) is 2.73. The van der Waals surface area contributed by atoms with Crippen LogP contribution in [-0.4, -0.2) is 4.98 Å². The fourth-order valence-electron chi connectivity index (χ4n) is 1.35. The average molecular weight is 317 g/mol. The Balaban J connectivity index is 2.10. The molecule has 0 radical (unpaired) electrons. The number of nitrogens with zero attached hydrogens (tertiary/aromatic N) is 1. The van der Waals surface area contributed by atoms with Crippen LogP contribution in [0, 0.1) is 17.5 Å². The Hall–Kier alpha value is -1.56. The lowest BCUT2D eigenvalue weighted by Crippen LogP contribution is -2.04. The topological polar surface area (TPSA) is 24.9 Å². The summed E-state index contributed by atoms with van der Waals surface area (Å²) in [6.07, 6.45) is 1.60. The van der Waals surface area contributed by atoms with E-state index in [4.69, 9.17) is 0 Å². The highest BCUT2D eigenvalue weighted by Crippen LogP contribution is 2.19. The molecule has 0 unspecified atom stereocenters. The molecule has 2 nitrogen and oxygen atoms in total. The molecule has 0 amide bonds. The summed E-state index contributed by atoms with van der Waals surface area (Å²) in [4.78, 5) is 4.06. The van der Waals surface area contributed by atoms with Crippen LogP contribution in [0.5, 0.6) is 0 Å². The van der Waals surface area contributed by atoms with Gasteiger partial charge in [0.25, 0.3) is 0 Å². The third kappa shape index (κ3) is 3.01. The molecule has 0 bridgehead atoms. The van der Waals surface area contributed by atoms with Gasteiger partial charge in [-0.2, -0.15) is 0 Å². The lowest BCUT2D eigenvalue weighted by atomic mass is 10.2. The van der Waals surface area contributed by atoms with Crippen LogP contribution in [0.2, 0.25) is 0 Å². The Kier molecular flexibility index (Phi) is 3.86. The summed E-state index contributed by atoms with van der Waals surface area (Å²) in [6.45, 7) is 0.218. The van der Waals surface area contributed by atoms with Gasteiger partial charge in [0.05, 0.1) is 17.9 Å². The van der Waals surface area contributed by atoms with Gasteiger partial charge in [-0.25, -0.2) is 13.2 Å². The van der Waals surface area contributed by atoms with Crippen LogP contribution >= 0.6 is 15.9 Å². The molecular formula is C12H8BrF3N2. The Labute approximate surface area is 110 Å². The van der Waals surface area contributed by atoms with Crippen molar-refractivity contribution < 1.29 is 13.2 Å². The quantitative estimate of drug-likeness (QED) is 0.869. The van der Waals surface area contributed by atoms with Crippen LogP contribution < -0.4 is 5.32 Å². The number of hydrogen-bond acceptors (Lipinski definition) is 2. The third-order valence-electron chi connectivity index (χ3n) is 2.26. The second-order valence-corrected chi connectivity index (χ2v) is 4.48. The first kappa shape index (κ1) is 12.9. The highest BCUT2D eigenvalue weighted by molar-refractivity contribution is 9.10. The van der Waals surface area contributed by atoms with Gasteiger partial charge in [-0.15, -0.1) is 0 Å². The number of rotatable bonds is 3. The molecule has 6 heteroatoms. The molecule has 18 heavy (non-hydrogen) atoms. The maximum Gasteiger partial charge on any atom is 0.161 e. The molecule has 0 saturated carbocycles. The van der Waals surface area contributed by atoms with Gasteiger partial charge in [-0.3, -0.25) is 4.98 Å². The van der Waals surface area contributed by atoms with Gasteiger partial charge >= 0.3 is 0 Å². The number of pyridine rings is 1. The SMILES string of the molecule is Fc1cc(F)c(NCc2ccc(Br)cn2)cc1F. The van der Waals surface area contributed by atoms with Crippen LogP contribution in [-0.2, 0) is 6.54 Å². The van der Waals surface area contributed by atoms with Gasteiger partial charge in [0, 0.05) is 22.8 Å². The van der Waals surface area contributed by atoms with Gasteiger partial charge in [0.1, 0.15) is 5.82 Å². The van der Waals surface area contributed by atoms with E-state index < -0.39 is 17.5 Å². The second kappa shape index (κ2) is 5.39. The van der Waals surface area contributed by atoms with Crippen molar-refractivity contribution in [1.82, 2.24) is 4.98 Å². The maximum absolute atomic E-state index is 13.3. The summed E-state index contributed by atoms with van der Waals surface area (Å²) >= 11 is 3.24. The minimum atomic E-state index is -1.21. The minimum absolute atomic E-state index is 0.0985. The Bertz CT molecular complexity index is 558. The lowest BCUT2D eigenvalue weighted by Gasteiger charge is -2.07. The predicted octanol–water partition coefficient (Wildman–Crippen LogP) is 3.87. The molecule has 0 fully saturated rings. The number of benzene rings is 1. The molecule has 1 heterocycles. The molecule has 0 aliphatic rings. The van der Waals surface area contributed by atoms with E-state index in [1.807, 2.05) is 0 Å². The zero-order valence-electron chi connectivity index (χ0n) is 9.05. The smallest absolute Gasteiger partial charge is 0.161 e. The number of halogens is 4. The van der Waals surface area contributed by atoms with E-state index in [-0.39, 0.29) is 12.2 Å². The number of anilines is 1. The zero-order valence-corrected chi connectivity index (χ0v) is 10.6. The van der Waals surface area contributed by atoms with E-state index >= 15 is 0 Å². The molecule has 1 aromatic heterocycles. The summed E-state index contributed by atoms with van der Waals surface area (Å²) < 4.78 is 39.8. The van der Waals surface area contributed by atoms with E-state index in [1.54, 1.807) is 18.3 Å². The standard InChI is InChI=1S/C12H8BrF3N2/c13-7-1-2-8(17-5-7)6-18-12-4-10(15)9(14)3-11(12)16/h1-5,18H,6H2. The molecule has 2 rings (SSSR count). The molecule has 0 spiro atoms. The molecule has 0 atom stereocenters. The van der Waals surface area contributed by atoms with E-state index in [9.17, 15) is 13.2 Å². The summed E-state index contributed by atoms with van der Waals surface area (Å²) in [6, 6.07) is 4.80. The normalized spacial score (nSPS) is 10.4. The minimum Gasteiger partial charge on any atom is -0.377 e. The molecule has 1 aromatic carbocycles. The molecule has 0 aliphatic heterocycles. The predicted molar refractivity (Wildman–Crippen MR) is 65.6 cm³/mol. The monoisotopic (exact) mass is 316 g/mol. The van der Waals surface area contributed by atoms with Gasteiger partial charge in [-0.05, 0) is 28.1 Å². The van der Waals surface area contributed by atoms with E-state index in [2.05, 4.69) is 26.2 Å². The molecular weight excluding hydrogens is 309 g/mol. The van der Waals surface area contributed by atoms with E-state index in [0.717, 1.165) is 10.5 Å². The number of aromatic nitrogens is 1. The Morgan fingerprint density at radius 2 is 1.78 bits per heavy atom. The van der Waals surface area contributed by atoms with Crippen molar-refractivity contribution in [2.45, 2.75) is 6.54 Å². The van der Waals surface area contributed by atoms with Crippen LogP contribution in [0.15, 0.2) is 34.9 Å². The zero-order chi connectivity index (χ0) is 13.1. The molecule has 1 N–H and O–H groups in total. The first-order valence-corrected chi connectivity index (χ1v) is 5.84. The van der Waals surface area contributed by atoms with Crippen LogP contribution in [0.1, 0.15) is 5.69 Å². The van der Waals surface area contributed by atoms with Gasteiger partial charge in [-0.1, -0.05) is 0 Å². The summed E-state index contributed by atoms with van der Waals surface area (Å²) in [5.74, 6) is -3.14. The first-order valence-electron chi connectivity index (χ1n) is 5.05. The maximum atomic E-state index is 13.3. The van der Waals surface area contributed by atoms with E-state index in [1.165, 1.54) is 0 Å². The van der Waals surface area contributed by atoms with Crippen molar-refractivity contribution in [3.8, 4) is 0 Å². The van der Waals surface area contributed by atoms with Crippen LogP contribution in [0.3, 0.4) is 0 Å². The summed E-state index contributed by atoms with van der Waals surface area (Å²) in [7, 11) is 0. The van der Waals surface area contributed by atoms with Crippen molar-refractivity contribution >= 4 is 21.6 Å². The fraction of sp³-hybridized carbons (Fsp3) is 0.0833. The van der Waals surface area contributed by atoms with Crippen LogP contribution in [0.25, 0.3) is 0 Å². The van der Waals surface area contributed by atoms with Crippen molar-refractivity contribution in [3.63, 3.8) is 0 Å². The van der Waals surface area contributed by atoms with Crippen molar-refractivity contribution in [1.29, 1.82) is 0 Å². The summed E-state index contributed by atoms with van der Waals surface area (Å²) in [5.41, 5.74) is 0.556. The first-order chi connectivity index (χ1) is 8.56.